The number of amides is 1. The van der Waals surface area contributed by atoms with Crippen molar-refractivity contribution in [3.63, 3.8) is 0 Å². The van der Waals surface area contributed by atoms with E-state index in [1.54, 1.807) is 11.0 Å². The topological polar surface area (TPSA) is 73.5 Å². The van der Waals surface area contributed by atoms with Gasteiger partial charge in [-0.2, -0.15) is 4.31 Å². The summed E-state index contributed by atoms with van der Waals surface area (Å²) in [6.45, 7) is 3.52. The first-order chi connectivity index (χ1) is 13.9. The number of sulfonamides is 1. The Hall–Kier alpha value is -2.16. The second-order valence-electron chi connectivity index (χ2n) is 7.36. The number of hydrogen-bond donors (Lipinski definition) is 1. The predicted octanol–water partition coefficient (Wildman–Crippen LogP) is 3.39. The molecule has 2 aromatic heterocycles. The molecule has 3 heterocycles. The summed E-state index contributed by atoms with van der Waals surface area (Å²) in [5.74, 6) is 0.105. The Morgan fingerprint density at radius 1 is 1.10 bits per heavy atom. The van der Waals surface area contributed by atoms with Crippen molar-refractivity contribution < 1.29 is 13.2 Å². The molecule has 1 aromatic carbocycles. The van der Waals surface area contributed by atoms with Crippen molar-refractivity contribution in [2.45, 2.75) is 30.4 Å². The largest absolute Gasteiger partial charge is 0.361 e. The van der Waals surface area contributed by atoms with Gasteiger partial charge in [-0.15, -0.1) is 11.3 Å². The molecule has 4 rings (SSSR count). The molecule has 1 fully saturated rings. The van der Waals surface area contributed by atoms with E-state index in [0.29, 0.717) is 36.8 Å². The number of benzene rings is 1. The molecule has 154 valence electrons. The smallest absolute Gasteiger partial charge is 0.252 e. The monoisotopic (exact) mass is 431 g/mol. The normalized spacial score (nSPS) is 15.8. The molecule has 0 bridgehead atoms. The maximum Gasteiger partial charge on any atom is 0.252 e. The number of rotatable bonds is 6. The van der Waals surface area contributed by atoms with Gasteiger partial charge in [0, 0.05) is 54.6 Å². The molecule has 1 saturated heterocycles. The van der Waals surface area contributed by atoms with Gasteiger partial charge in [-0.3, -0.25) is 4.79 Å². The predicted molar refractivity (Wildman–Crippen MR) is 116 cm³/mol. The molecule has 1 aliphatic rings. The van der Waals surface area contributed by atoms with E-state index in [2.05, 4.69) is 17.1 Å². The van der Waals surface area contributed by atoms with Crippen LogP contribution in [0.1, 0.15) is 23.3 Å². The van der Waals surface area contributed by atoms with E-state index in [4.69, 9.17) is 0 Å². The zero-order chi connectivity index (χ0) is 20.4. The number of piperazine rings is 1. The number of aromatic nitrogens is 1. The highest BCUT2D eigenvalue weighted by Gasteiger charge is 2.30. The van der Waals surface area contributed by atoms with Crippen molar-refractivity contribution in [1.82, 2.24) is 14.2 Å². The molecule has 3 aromatic rings. The minimum atomic E-state index is -3.45. The number of nitrogens with zero attached hydrogens (tertiary/aromatic N) is 2. The van der Waals surface area contributed by atoms with Crippen molar-refractivity contribution in [2.75, 3.05) is 26.2 Å². The molecular formula is C21H25N3O3S2. The summed E-state index contributed by atoms with van der Waals surface area (Å²) >= 11 is 1.29. The first kappa shape index (κ1) is 20.1. The van der Waals surface area contributed by atoms with E-state index in [9.17, 15) is 13.2 Å². The minimum absolute atomic E-state index is 0.105. The van der Waals surface area contributed by atoms with Gasteiger partial charge < -0.3 is 9.88 Å². The molecule has 0 unspecified atom stereocenters. The van der Waals surface area contributed by atoms with Crippen molar-refractivity contribution in [3.8, 4) is 0 Å². The van der Waals surface area contributed by atoms with E-state index < -0.39 is 10.0 Å². The third-order valence-corrected chi connectivity index (χ3v) is 8.78. The molecule has 1 amide bonds. The molecule has 1 N–H and O–H groups in total. The Labute approximate surface area is 175 Å². The molecule has 6 nitrogen and oxygen atoms in total. The second-order valence-corrected chi connectivity index (χ2v) is 10.8. The Morgan fingerprint density at radius 2 is 1.86 bits per heavy atom. The molecule has 0 saturated carbocycles. The number of hydrogen-bond acceptors (Lipinski definition) is 4. The maximum absolute atomic E-state index is 12.7. The summed E-state index contributed by atoms with van der Waals surface area (Å²) < 4.78 is 27.3. The van der Waals surface area contributed by atoms with Crippen molar-refractivity contribution in [1.29, 1.82) is 0 Å². The Kier molecular flexibility index (Phi) is 5.76. The highest BCUT2D eigenvalue weighted by molar-refractivity contribution is 7.91. The number of carbonyl (C=O) groups excluding carboxylic acids is 1. The van der Waals surface area contributed by atoms with Crippen LogP contribution in [0.15, 0.2) is 46.8 Å². The summed E-state index contributed by atoms with van der Waals surface area (Å²) in [5, 5.41) is 1.21. The Balaban J connectivity index is 1.28. The number of nitrogens with one attached hydrogen (secondary N) is 1. The first-order valence-electron chi connectivity index (χ1n) is 9.84. The zero-order valence-corrected chi connectivity index (χ0v) is 18.1. The van der Waals surface area contributed by atoms with Crippen molar-refractivity contribution >= 4 is 38.2 Å². The average molecular weight is 432 g/mol. The first-order valence-corrected chi connectivity index (χ1v) is 12.1. The maximum atomic E-state index is 12.7. The molecular weight excluding hydrogens is 406 g/mol. The minimum Gasteiger partial charge on any atom is -0.361 e. The van der Waals surface area contributed by atoms with Crippen LogP contribution in [0.25, 0.3) is 10.9 Å². The number of para-hydroxylation sites is 1. The third-order valence-electron chi connectivity index (χ3n) is 5.41. The highest BCUT2D eigenvalue weighted by Crippen LogP contribution is 2.25. The van der Waals surface area contributed by atoms with Crippen LogP contribution < -0.4 is 0 Å². The quantitative estimate of drug-likeness (QED) is 0.650. The molecule has 8 heteroatoms. The highest BCUT2D eigenvalue weighted by atomic mass is 32.2. The zero-order valence-electron chi connectivity index (χ0n) is 16.4. The average Bonchev–Trinajstić information content (AvgIpc) is 3.35. The Morgan fingerprint density at radius 3 is 2.59 bits per heavy atom. The SMILES string of the molecule is Cc1ccc(S(=O)(=O)N2CCN(C(=O)CCCc3c[nH]c4ccccc34)CC2)s1. The van der Waals surface area contributed by atoms with Crippen LogP contribution in [0.2, 0.25) is 0 Å². The van der Waals surface area contributed by atoms with Gasteiger partial charge in [0.05, 0.1) is 0 Å². The summed E-state index contributed by atoms with van der Waals surface area (Å²) in [6, 6.07) is 11.7. The molecule has 0 spiro atoms. The fraction of sp³-hybridized carbons (Fsp3) is 0.381. The fourth-order valence-electron chi connectivity index (χ4n) is 3.78. The number of thiophene rings is 1. The van der Waals surface area contributed by atoms with Gasteiger partial charge in [0.15, 0.2) is 0 Å². The van der Waals surface area contributed by atoms with E-state index in [-0.39, 0.29) is 5.91 Å². The van der Waals surface area contributed by atoms with E-state index in [1.165, 1.54) is 26.6 Å². The number of carbonyl (C=O) groups is 1. The molecule has 0 aliphatic carbocycles. The van der Waals surface area contributed by atoms with Crippen molar-refractivity contribution in [2.24, 2.45) is 0 Å². The Bertz CT molecular complexity index is 1110. The number of aromatic amines is 1. The van der Waals surface area contributed by atoms with Gasteiger partial charge >= 0.3 is 0 Å². The number of H-pyrrole nitrogens is 1. The third kappa shape index (κ3) is 4.24. The van der Waals surface area contributed by atoms with Crippen LogP contribution in [0, 0.1) is 6.92 Å². The van der Waals surface area contributed by atoms with Crippen LogP contribution in [-0.2, 0) is 21.2 Å². The van der Waals surface area contributed by atoms with Crippen LogP contribution in [0.5, 0.6) is 0 Å². The van der Waals surface area contributed by atoms with E-state index >= 15 is 0 Å². The van der Waals surface area contributed by atoms with Gasteiger partial charge in [-0.1, -0.05) is 18.2 Å². The lowest BCUT2D eigenvalue weighted by Crippen LogP contribution is -2.50. The number of fused-ring (bicyclic) bond motifs is 1. The summed E-state index contributed by atoms with van der Waals surface area (Å²) in [4.78, 5) is 18.6. The molecule has 0 atom stereocenters. The van der Waals surface area contributed by atoms with Crippen LogP contribution in [-0.4, -0.2) is 54.7 Å². The molecule has 1 aliphatic heterocycles. The van der Waals surface area contributed by atoms with Gasteiger partial charge in [0.1, 0.15) is 4.21 Å². The molecule has 29 heavy (non-hydrogen) atoms. The van der Waals surface area contributed by atoms with E-state index in [1.807, 2.05) is 31.3 Å². The van der Waals surface area contributed by atoms with Gasteiger partial charge in [0.2, 0.25) is 5.91 Å². The van der Waals surface area contributed by atoms with Crippen LogP contribution >= 0.6 is 11.3 Å². The standard InChI is InChI=1S/C21H25N3O3S2/c1-16-9-10-21(28-16)29(26,27)24-13-11-23(12-14-24)20(25)8-4-5-17-15-22-19-7-3-2-6-18(17)19/h2-3,6-7,9-10,15,22H,4-5,8,11-14H2,1H3. The second kappa shape index (κ2) is 8.30. The fourth-order valence-corrected chi connectivity index (χ4v) is 6.64. The van der Waals surface area contributed by atoms with Gasteiger partial charge in [-0.25, -0.2) is 8.42 Å². The lowest BCUT2D eigenvalue weighted by molar-refractivity contribution is -0.132. The van der Waals surface area contributed by atoms with Crippen molar-refractivity contribution in [3.05, 3.63) is 53.0 Å². The van der Waals surface area contributed by atoms with Crippen LogP contribution in [0.4, 0.5) is 0 Å². The summed E-state index contributed by atoms with van der Waals surface area (Å²) in [5.41, 5.74) is 2.35. The number of aryl methyl sites for hydroxylation is 2. The molecule has 0 radical (unpaired) electrons. The lowest BCUT2D eigenvalue weighted by atomic mass is 10.1. The van der Waals surface area contributed by atoms with Crippen LogP contribution in [0.3, 0.4) is 0 Å². The van der Waals surface area contributed by atoms with E-state index in [0.717, 1.165) is 23.2 Å². The van der Waals surface area contributed by atoms with Gasteiger partial charge in [-0.05, 0) is 43.5 Å². The lowest BCUT2D eigenvalue weighted by Gasteiger charge is -2.33. The van der Waals surface area contributed by atoms with Gasteiger partial charge in [0.25, 0.3) is 10.0 Å². The summed E-state index contributed by atoms with van der Waals surface area (Å²) in [7, 11) is -3.45. The summed E-state index contributed by atoms with van der Waals surface area (Å²) in [6.07, 6.45) is 4.14.